The van der Waals surface area contributed by atoms with Gasteiger partial charge >= 0.3 is 5.97 Å². The average molecular weight is 644 g/mol. The minimum absolute atomic E-state index is 0.204. The molecule has 2 fully saturated rings. The summed E-state index contributed by atoms with van der Waals surface area (Å²) in [4.78, 5) is 35.7. The highest BCUT2D eigenvalue weighted by Crippen LogP contribution is 2.52. The van der Waals surface area contributed by atoms with Crippen molar-refractivity contribution >= 4 is 51.4 Å². The second kappa shape index (κ2) is 11.4. The minimum atomic E-state index is -0.691. The number of aromatic nitrogens is 4. The van der Waals surface area contributed by atoms with Gasteiger partial charge in [0.2, 0.25) is 5.88 Å². The number of benzene rings is 2. The summed E-state index contributed by atoms with van der Waals surface area (Å²) in [5.41, 5.74) is 3.98. The van der Waals surface area contributed by atoms with E-state index in [9.17, 15) is 14.7 Å². The molecule has 3 atom stereocenters. The number of pyridine rings is 2. The van der Waals surface area contributed by atoms with Crippen molar-refractivity contribution in [2.24, 2.45) is 24.8 Å². The molecule has 2 aliphatic rings. The fraction of sp³-hybridized carbons (Fsp3) is 0.242. The summed E-state index contributed by atoms with van der Waals surface area (Å²) in [5.74, 6) is 0.440. The van der Waals surface area contributed by atoms with Crippen molar-refractivity contribution in [3.63, 3.8) is 0 Å². The standard InChI is InChI=1S/C33H28Cl2N6O4/c1-40-32(42)26-17(13-37-40)11-12-36-30(26)38-25-8-4-6-20(29(25)35)19-5-3-7-21(28(19)34)24-10-9-18(31(39-24)45-2)14-41-15-22-23(16-41)27(22)33(43)44/h3-13,22-23,27H,14-16H2,1-2H3,(H,36,38)(H,43,44)/t22-,23+,27?. The molecule has 7 rings (SSSR count). The van der Waals surface area contributed by atoms with Gasteiger partial charge in [0.25, 0.3) is 5.56 Å². The molecule has 0 bridgehead atoms. The van der Waals surface area contributed by atoms with Crippen LogP contribution in [0, 0.1) is 17.8 Å². The number of nitrogens with zero attached hydrogens (tertiary/aromatic N) is 5. The van der Waals surface area contributed by atoms with Crippen LogP contribution in [0.25, 0.3) is 33.2 Å². The first kappa shape index (κ1) is 29.2. The fourth-order valence-electron chi connectivity index (χ4n) is 6.44. The monoisotopic (exact) mass is 642 g/mol. The number of halogens is 2. The van der Waals surface area contributed by atoms with Gasteiger partial charge in [-0.15, -0.1) is 0 Å². The molecule has 1 saturated carbocycles. The molecule has 2 aromatic carbocycles. The normalized spacial score (nSPS) is 19.0. The Bertz CT molecular complexity index is 2040. The number of likely N-dealkylation sites (tertiary alicyclic amines) is 1. The van der Waals surface area contributed by atoms with E-state index in [-0.39, 0.29) is 23.3 Å². The lowest BCUT2D eigenvalue weighted by atomic mass is 10.00. The van der Waals surface area contributed by atoms with E-state index in [1.807, 2.05) is 48.5 Å². The second-order valence-corrected chi connectivity index (χ2v) is 12.2. The van der Waals surface area contributed by atoms with Crippen LogP contribution in [0.3, 0.4) is 0 Å². The van der Waals surface area contributed by atoms with Crippen LogP contribution in [0.4, 0.5) is 11.5 Å². The number of piperidine rings is 1. The lowest BCUT2D eigenvalue weighted by Crippen LogP contribution is -2.26. The van der Waals surface area contributed by atoms with Gasteiger partial charge in [-0.25, -0.2) is 14.6 Å². The number of carboxylic acids is 1. The smallest absolute Gasteiger partial charge is 0.307 e. The van der Waals surface area contributed by atoms with Gasteiger partial charge in [-0.2, -0.15) is 5.10 Å². The summed E-state index contributed by atoms with van der Waals surface area (Å²) in [6.07, 6.45) is 3.23. The number of carboxylic acid groups (broad SMARTS) is 1. The molecule has 0 amide bonds. The predicted molar refractivity (Wildman–Crippen MR) is 173 cm³/mol. The number of ether oxygens (including phenoxy) is 1. The Morgan fingerprint density at radius 3 is 2.47 bits per heavy atom. The van der Waals surface area contributed by atoms with E-state index in [1.54, 1.807) is 32.6 Å². The number of hydrogen-bond acceptors (Lipinski definition) is 8. The van der Waals surface area contributed by atoms with E-state index in [4.69, 9.17) is 32.9 Å². The van der Waals surface area contributed by atoms with E-state index in [2.05, 4.69) is 20.3 Å². The SMILES string of the molecule is COc1nc(-c2cccc(-c3cccc(Nc4nccc5cnn(C)c(=O)c45)c3Cl)c2Cl)ccc1CN1C[C@@H]2C(C(=O)O)[C@@H]2C1. The second-order valence-electron chi connectivity index (χ2n) is 11.4. The maximum absolute atomic E-state index is 12.9. The third-order valence-electron chi connectivity index (χ3n) is 8.76. The first-order valence-corrected chi connectivity index (χ1v) is 15.2. The molecule has 0 radical (unpaired) electrons. The molecule has 2 N–H and O–H groups in total. The number of hydrogen-bond donors (Lipinski definition) is 2. The number of aliphatic carboxylic acids is 1. The summed E-state index contributed by atoms with van der Waals surface area (Å²) in [5, 5.41) is 18.6. The number of anilines is 2. The lowest BCUT2D eigenvalue weighted by molar-refractivity contribution is -0.139. The van der Waals surface area contributed by atoms with E-state index < -0.39 is 5.97 Å². The molecule has 12 heteroatoms. The summed E-state index contributed by atoms with van der Waals surface area (Å²) >= 11 is 14.0. The molecule has 1 aliphatic heterocycles. The number of methoxy groups -OCH3 is 1. The number of rotatable bonds is 8. The molecular formula is C33H28Cl2N6O4. The van der Waals surface area contributed by atoms with Crippen molar-refractivity contribution in [2.45, 2.75) is 6.54 Å². The van der Waals surface area contributed by atoms with Crippen LogP contribution < -0.4 is 15.6 Å². The molecule has 3 aromatic heterocycles. The Kier molecular flexibility index (Phi) is 7.43. The Morgan fingerprint density at radius 2 is 1.73 bits per heavy atom. The summed E-state index contributed by atoms with van der Waals surface area (Å²) in [7, 11) is 3.18. The van der Waals surface area contributed by atoms with Crippen LogP contribution in [-0.2, 0) is 18.4 Å². The Labute approximate surface area is 268 Å². The molecule has 4 heterocycles. The predicted octanol–water partition coefficient (Wildman–Crippen LogP) is 5.88. The van der Waals surface area contributed by atoms with Gasteiger partial charge < -0.3 is 15.2 Å². The van der Waals surface area contributed by atoms with Crippen molar-refractivity contribution < 1.29 is 14.6 Å². The van der Waals surface area contributed by atoms with Crippen molar-refractivity contribution in [2.75, 3.05) is 25.5 Å². The number of carbonyl (C=O) groups is 1. The Hall–Kier alpha value is -4.51. The van der Waals surface area contributed by atoms with Gasteiger partial charge in [-0.3, -0.25) is 14.5 Å². The average Bonchev–Trinajstić information content (AvgIpc) is 3.56. The van der Waals surface area contributed by atoms with E-state index >= 15 is 0 Å². The van der Waals surface area contributed by atoms with Gasteiger partial charge in [0.1, 0.15) is 5.82 Å². The van der Waals surface area contributed by atoms with Crippen LogP contribution >= 0.6 is 23.2 Å². The van der Waals surface area contributed by atoms with Gasteiger partial charge in [0.05, 0.1) is 46.0 Å². The van der Waals surface area contributed by atoms with Gasteiger partial charge in [-0.05, 0) is 30.0 Å². The molecule has 10 nitrogen and oxygen atoms in total. The zero-order chi connectivity index (χ0) is 31.4. The zero-order valence-electron chi connectivity index (χ0n) is 24.4. The highest BCUT2D eigenvalue weighted by Gasteiger charge is 2.59. The largest absolute Gasteiger partial charge is 0.481 e. The molecular weight excluding hydrogens is 615 g/mol. The maximum Gasteiger partial charge on any atom is 0.307 e. The molecule has 1 aliphatic carbocycles. The van der Waals surface area contributed by atoms with E-state index in [0.717, 1.165) is 18.7 Å². The lowest BCUT2D eigenvalue weighted by Gasteiger charge is -2.20. The van der Waals surface area contributed by atoms with Crippen LogP contribution in [0.2, 0.25) is 10.0 Å². The van der Waals surface area contributed by atoms with Crippen molar-refractivity contribution in [3.05, 3.63) is 93.0 Å². The molecule has 1 saturated heterocycles. The quantitative estimate of drug-likeness (QED) is 0.214. The van der Waals surface area contributed by atoms with E-state index in [1.165, 1.54) is 4.68 Å². The number of aryl methyl sites for hydroxylation is 1. The van der Waals surface area contributed by atoms with Gasteiger partial charge in [-0.1, -0.05) is 59.6 Å². The van der Waals surface area contributed by atoms with Crippen LogP contribution in [0.5, 0.6) is 5.88 Å². The molecule has 0 spiro atoms. The van der Waals surface area contributed by atoms with Crippen LogP contribution in [-0.4, -0.2) is 55.9 Å². The molecule has 5 aromatic rings. The summed E-state index contributed by atoms with van der Waals surface area (Å²) in [6.45, 7) is 2.16. The zero-order valence-corrected chi connectivity index (χ0v) is 25.9. The minimum Gasteiger partial charge on any atom is -0.481 e. The van der Waals surface area contributed by atoms with Crippen molar-refractivity contribution in [1.29, 1.82) is 0 Å². The first-order chi connectivity index (χ1) is 21.7. The fourth-order valence-corrected chi connectivity index (χ4v) is 7.03. The third kappa shape index (κ3) is 5.18. The molecule has 1 unspecified atom stereocenters. The molecule has 228 valence electrons. The number of nitrogens with one attached hydrogen (secondary N) is 1. The van der Waals surface area contributed by atoms with Crippen molar-refractivity contribution in [3.8, 4) is 28.3 Å². The van der Waals surface area contributed by atoms with Gasteiger partial charge in [0.15, 0.2) is 0 Å². The van der Waals surface area contributed by atoms with E-state index in [0.29, 0.717) is 67.1 Å². The Balaban J connectivity index is 1.17. The summed E-state index contributed by atoms with van der Waals surface area (Å²) in [6, 6.07) is 16.9. The third-order valence-corrected chi connectivity index (χ3v) is 9.57. The molecule has 45 heavy (non-hydrogen) atoms. The van der Waals surface area contributed by atoms with Crippen molar-refractivity contribution in [1.82, 2.24) is 24.6 Å². The van der Waals surface area contributed by atoms with Gasteiger partial charge in [0, 0.05) is 60.5 Å². The Morgan fingerprint density at radius 1 is 1.02 bits per heavy atom. The maximum atomic E-state index is 12.9. The van der Waals surface area contributed by atoms with Crippen LogP contribution in [0.1, 0.15) is 5.56 Å². The highest BCUT2D eigenvalue weighted by atomic mass is 35.5. The first-order valence-electron chi connectivity index (χ1n) is 14.4. The topological polar surface area (TPSA) is 122 Å². The highest BCUT2D eigenvalue weighted by molar-refractivity contribution is 6.39. The van der Waals surface area contributed by atoms with Crippen LogP contribution in [0.15, 0.2) is 71.8 Å². The summed E-state index contributed by atoms with van der Waals surface area (Å²) < 4.78 is 6.93. The number of fused-ring (bicyclic) bond motifs is 2.